The first-order valence-electron chi connectivity index (χ1n) is 10.6. The van der Waals surface area contributed by atoms with Gasteiger partial charge in [0.2, 0.25) is 0 Å². The Morgan fingerprint density at radius 3 is 1.35 bits per heavy atom. The predicted molar refractivity (Wildman–Crippen MR) is 133 cm³/mol. The molecular formula is C30H18O. The molecule has 7 aromatic rings. The average molecular weight is 394 g/mol. The summed E-state index contributed by atoms with van der Waals surface area (Å²) in [6.45, 7) is 0. The third-order valence-electron chi connectivity index (χ3n) is 6.59. The minimum absolute atomic E-state index is 0.329. The summed E-state index contributed by atoms with van der Waals surface area (Å²) in [4.78, 5) is 0. The van der Waals surface area contributed by atoms with Gasteiger partial charge in [-0.15, -0.1) is 0 Å². The molecule has 0 aliphatic heterocycles. The molecule has 0 amide bonds. The van der Waals surface area contributed by atoms with Gasteiger partial charge < -0.3 is 5.11 Å². The molecule has 0 aliphatic rings. The van der Waals surface area contributed by atoms with E-state index in [2.05, 4.69) is 91.0 Å². The molecule has 0 bridgehead atoms. The van der Waals surface area contributed by atoms with Crippen molar-refractivity contribution in [1.82, 2.24) is 0 Å². The Bertz CT molecular complexity index is 1840. The number of hydrogen-bond donors (Lipinski definition) is 1. The highest BCUT2D eigenvalue weighted by Gasteiger charge is 2.08. The van der Waals surface area contributed by atoms with Gasteiger partial charge in [-0.25, -0.2) is 0 Å². The summed E-state index contributed by atoms with van der Waals surface area (Å²) in [6.07, 6.45) is 0. The average Bonchev–Trinajstić information content (AvgIpc) is 2.79. The van der Waals surface area contributed by atoms with Gasteiger partial charge in [0, 0.05) is 5.39 Å². The molecule has 0 spiro atoms. The second-order valence-electron chi connectivity index (χ2n) is 8.46. The fourth-order valence-corrected chi connectivity index (χ4v) is 5.01. The Hall–Kier alpha value is -4.10. The molecule has 1 N–H and O–H groups in total. The van der Waals surface area contributed by atoms with Crippen LogP contribution in [-0.2, 0) is 0 Å². The van der Waals surface area contributed by atoms with E-state index in [9.17, 15) is 5.11 Å². The van der Waals surface area contributed by atoms with Crippen LogP contribution in [0.2, 0.25) is 0 Å². The number of phenols is 1. The van der Waals surface area contributed by atoms with Gasteiger partial charge in [-0.1, -0.05) is 48.5 Å². The summed E-state index contributed by atoms with van der Waals surface area (Å²) in [5.41, 5.74) is 0. The third kappa shape index (κ3) is 2.44. The largest absolute Gasteiger partial charge is 0.507 e. The zero-order chi connectivity index (χ0) is 20.5. The standard InChI is InChI=1S/C30H18O/c31-30-7-3-6-20-12-24-14-22-9-8-21-13-23-10-18-4-1-2-5-19(18)11-25(23)15-27(21)28(22)16-26(24)17-29(20)30/h1-17,31H. The van der Waals surface area contributed by atoms with Gasteiger partial charge in [0.05, 0.1) is 0 Å². The van der Waals surface area contributed by atoms with E-state index < -0.39 is 0 Å². The summed E-state index contributed by atoms with van der Waals surface area (Å²) in [6, 6.07) is 36.7. The Morgan fingerprint density at radius 2 is 0.742 bits per heavy atom. The SMILES string of the molecule is Oc1cccc2cc3cc4ccc5cc6cc7ccccc7cc6cc5c4cc3cc12. The van der Waals surface area contributed by atoms with E-state index in [4.69, 9.17) is 0 Å². The van der Waals surface area contributed by atoms with Crippen LogP contribution in [0.15, 0.2) is 103 Å². The van der Waals surface area contributed by atoms with Crippen LogP contribution in [0.1, 0.15) is 0 Å². The lowest BCUT2D eigenvalue weighted by molar-refractivity contribution is 0.481. The monoisotopic (exact) mass is 394 g/mol. The number of fused-ring (bicyclic) bond motifs is 7. The highest BCUT2D eigenvalue weighted by Crippen LogP contribution is 2.36. The van der Waals surface area contributed by atoms with Crippen LogP contribution in [0, 0.1) is 0 Å². The zero-order valence-electron chi connectivity index (χ0n) is 16.8. The molecule has 0 saturated heterocycles. The van der Waals surface area contributed by atoms with Crippen LogP contribution in [0.3, 0.4) is 0 Å². The van der Waals surface area contributed by atoms with Gasteiger partial charge in [-0.3, -0.25) is 0 Å². The van der Waals surface area contributed by atoms with Gasteiger partial charge in [-0.05, 0) is 114 Å². The van der Waals surface area contributed by atoms with Crippen LogP contribution in [-0.4, -0.2) is 5.11 Å². The molecule has 0 heterocycles. The van der Waals surface area contributed by atoms with E-state index in [1.165, 1.54) is 48.5 Å². The summed E-state index contributed by atoms with van der Waals surface area (Å²) < 4.78 is 0. The molecule has 144 valence electrons. The lowest BCUT2D eigenvalue weighted by atomic mass is 9.94. The lowest BCUT2D eigenvalue weighted by Gasteiger charge is -2.10. The molecule has 0 aromatic heterocycles. The van der Waals surface area contributed by atoms with Crippen molar-refractivity contribution in [1.29, 1.82) is 0 Å². The van der Waals surface area contributed by atoms with Crippen molar-refractivity contribution in [3.05, 3.63) is 103 Å². The van der Waals surface area contributed by atoms with Crippen LogP contribution >= 0.6 is 0 Å². The quantitative estimate of drug-likeness (QED) is 0.202. The highest BCUT2D eigenvalue weighted by molar-refractivity contribution is 6.17. The molecule has 0 saturated carbocycles. The molecule has 0 unspecified atom stereocenters. The van der Waals surface area contributed by atoms with E-state index in [0.29, 0.717) is 5.75 Å². The lowest BCUT2D eigenvalue weighted by Crippen LogP contribution is -1.83. The second-order valence-corrected chi connectivity index (χ2v) is 8.46. The summed E-state index contributed by atoms with van der Waals surface area (Å²) in [5, 5.41) is 24.7. The first-order chi connectivity index (χ1) is 15.2. The van der Waals surface area contributed by atoms with Gasteiger partial charge >= 0.3 is 0 Å². The molecule has 0 fully saturated rings. The Morgan fingerprint density at radius 1 is 0.323 bits per heavy atom. The maximum atomic E-state index is 10.3. The number of hydrogen-bond acceptors (Lipinski definition) is 1. The van der Waals surface area contributed by atoms with Crippen molar-refractivity contribution in [3.63, 3.8) is 0 Å². The van der Waals surface area contributed by atoms with E-state index in [1.807, 2.05) is 6.07 Å². The molecular weight excluding hydrogens is 376 g/mol. The van der Waals surface area contributed by atoms with Crippen molar-refractivity contribution in [2.75, 3.05) is 0 Å². The minimum atomic E-state index is 0.329. The van der Waals surface area contributed by atoms with Gasteiger partial charge in [-0.2, -0.15) is 0 Å². The van der Waals surface area contributed by atoms with Crippen molar-refractivity contribution >= 4 is 64.6 Å². The van der Waals surface area contributed by atoms with Crippen LogP contribution < -0.4 is 0 Å². The van der Waals surface area contributed by atoms with Crippen molar-refractivity contribution in [3.8, 4) is 5.75 Å². The molecule has 1 heteroatoms. The maximum Gasteiger partial charge on any atom is 0.123 e. The Kier molecular flexibility index (Phi) is 3.21. The Balaban J connectivity index is 1.59. The highest BCUT2D eigenvalue weighted by atomic mass is 16.3. The topological polar surface area (TPSA) is 20.2 Å². The first kappa shape index (κ1) is 16.7. The molecule has 31 heavy (non-hydrogen) atoms. The number of benzene rings is 7. The molecule has 7 rings (SSSR count). The van der Waals surface area contributed by atoms with Crippen LogP contribution in [0.5, 0.6) is 5.75 Å². The normalized spacial score (nSPS) is 12.0. The van der Waals surface area contributed by atoms with Crippen molar-refractivity contribution in [2.24, 2.45) is 0 Å². The summed E-state index contributed by atoms with van der Waals surface area (Å²) in [7, 11) is 0. The van der Waals surface area contributed by atoms with Gasteiger partial charge in [0.15, 0.2) is 0 Å². The molecule has 0 aliphatic carbocycles. The van der Waals surface area contributed by atoms with Crippen LogP contribution in [0.4, 0.5) is 0 Å². The van der Waals surface area contributed by atoms with Gasteiger partial charge in [0.1, 0.15) is 5.75 Å². The summed E-state index contributed by atoms with van der Waals surface area (Å²) in [5.74, 6) is 0.329. The van der Waals surface area contributed by atoms with E-state index in [0.717, 1.165) is 16.2 Å². The van der Waals surface area contributed by atoms with E-state index in [-0.39, 0.29) is 0 Å². The molecule has 0 atom stereocenters. The van der Waals surface area contributed by atoms with Crippen LogP contribution in [0.25, 0.3) is 64.6 Å². The van der Waals surface area contributed by atoms with Gasteiger partial charge in [0.25, 0.3) is 0 Å². The predicted octanol–water partition coefficient (Wildman–Crippen LogP) is 8.31. The Labute approximate surface area is 178 Å². The van der Waals surface area contributed by atoms with Crippen molar-refractivity contribution < 1.29 is 5.11 Å². The second kappa shape index (κ2) is 5.96. The van der Waals surface area contributed by atoms with E-state index in [1.54, 1.807) is 6.07 Å². The molecule has 0 radical (unpaired) electrons. The minimum Gasteiger partial charge on any atom is -0.507 e. The fraction of sp³-hybridized carbons (Fsp3) is 0. The smallest absolute Gasteiger partial charge is 0.123 e. The molecule has 7 aromatic carbocycles. The number of aromatic hydroxyl groups is 1. The zero-order valence-corrected chi connectivity index (χ0v) is 16.8. The van der Waals surface area contributed by atoms with E-state index >= 15 is 0 Å². The van der Waals surface area contributed by atoms with Crippen molar-refractivity contribution in [2.45, 2.75) is 0 Å². The maximum absolute atomic E-state index is 10.3. The first-order valence-corrected chi connectivity index (χ1v) is 10.6. The fourth-order valence-electron chi connectivity index (χ4n) is 5.01. The number of phenolic OH excluding ortho intramolecular Hbond substituents is 1. The third-order valence-corrected chi connectivity index (χ3v) is 6.59. The number of rotatable bonds is 0. The summed E-state index contributed by atoms with van der Waals surface area (Å²) >= 11 is 0. The molecule has 1 nitrogen and oxygen atoms in total.